The van der Waals surface area contributed by atoms with E-state index in [4.69, 9.17) is 4.74 Å². The van der Waals surface area contributed by atoms with Gasteiger partial charge < -0.3 is 9.84 Å². The number of hydrogen-bond donors (Lipinski definition) is 2. The van der Waals surface area contributed by atoms with Crippen molar-refractivity contribution in [3.63, 3.8) is 0 Å². The van der Waals surface area contributed by atoms with Crippen LogP contribution in [0.15, 0.2) is 44.4 Å². The predicted octanol–water partition coefficient (Wildman–Crippen LogP) is 4.52. The summed E-state index contributed by atoms with van der Waals surface area (Å²) in [6, 6.07) is 10.3. The molecule has 8 heteroatoms. The first-order valence-electron chi connectivity index (χ1n) is 8.93. The number of ether oxygens (including phenoxy) is 1. The van der Waals surface area contributed by atoms with Gasteiger partial charge in [0, 0.05) is 5.92 Å². The van der Waals surface area contributed by atoms with Gasteiger partial charge in [-0.1, -0.05) is 38.3 Å². The van der Waals surface area contributed by atoms with Crippen LogP contribution in [-0.4, -0.2) is 33.3 Å². The Balaban J connectivity index is 2.26. The van der Waals surface area contributed by atoms with Crippen LogP contribution in [-0.2, 0) is 10.0 Å². The van der Waals surface area contributed by atoms with Gasteiger partial charge in [0.15, 0.2) is 0 Å². The van der Waals surface area contributed by atoms with Gasteiger partial charge >= 0.3 is 0 Å². The molecular weight excluding hydrogens is 450 g/mol. The normalized spacial score (nSPS) is 14.1. The van der Waals surface area contributed by atoms with E-state index in [9.17, 15) is 13.5 Å². The lowest BCUT2D eigenvalue weighted by molar-refractivity contribution is 0.233. The van der Waals surface area contributed by atoms with Gasteiger partial charge in [0.05, 0.1) is 23.5 Å². The third-order valence-electron chi connectivity index (χ3n) is 4.46. The van der Waals surface area contributed by atoms with Crippen molar-refractivity contribution in [3.8, 4) is 5.75 Å². The number of thiophene rings is 1. The molecule has 2 aromatic rings. The van der Waals surface area contributed by atoms with Crippen LogP contribution >= 0.6 is 27.3 Å². The van der Waals surface area contributed by atoms with Crippen molar-refractivity contribution in [2.45, 2.75) is 48.8 Å². The van der Waals surface area contributed by atoms with Gasteiger partial charge in [0.25, 0.3) is 0 Å². The molecule has 0 bridgehead atoms. The Morgan fingerprint density at radius 1 is 1.19 bits per heavy atom. The SMILES string of the molecule is CCCCC[C@H](c1ccc(OC)cc1)[C@@H](CO)NS(=O)(=O)c1ccc(Br)s1. The third-order valence-corrected chi connectivity index (χ3v) is 8.07. The molecule has 1 heterocycles. The van der Waals surface area contributed by atoms with E-state index in [1.165, 1.54) is 0 Å². The quantitative estimate of drug-likeness (QED) is 0.468. The van der Waals surface area contributed by atoms with Crippen molar-refractivity contribution in [2.24, 2.45) is 0 Å². The van der Waals surface area contributed by atoms with Gasteiger partial charge in [-0.3, -0.25) is 0 Å². The van der Waals surface area contributed by atoms with Crippen molar-refractivity contribution in [3.05, 3.63) is 45.7 Å². The Labute approximate surface area is 173 Å². The van der Waals surface area contributed by atoms with Gasteiger partial charge in [-0.25, -0.2) is 13.1 Å². The van der Waals surface area contributed by atoms with Crippen molar-refractivity contribution in [2.75, 3.05) is 13.7 Å². The summed E-state index contributed by atoms with van der Waals surface area (Å²) in [5.41, 5.74) is 0.987. The van der Waals surface area contributed by atoms with Crippen LogP contribution in [0.3, 0.4) is 0 Å². The topological polar surface area (TPSA) is 75.6 Å². The summed E-state index contributed by atoms with van der Waals surface area (Å²) in [6.07, 6.45) is 3.90. The zero-order chi connectivity index (χ0) is 19.9. The lowest BCUT2D eigenvalue weighted by atomic mass is 9.87. The van der Waals surface area contributed by atoms with Gasteiger partial charge in [-0.2, -0.15) is 0 Å². The first-order chi connectivity index (χ1) is 12.9. The number of nitrogens with one attached hydrogen (secondary N) is 1. The van der Waals surface area contributed by atoms with Crippen molar-refractivity contribution >= 4 is 37.3 Å². The molecule has 2 rings (SSSR count). The molecule has 0 saturated carbocycles. The highest BCUT2D eigenvalue weighted by Gasteiger charge is 2.28. The molecule has 0 fully saturated rings. The summed E-state index contributed by atoms with van der Waals surface area (Å²) in [5, 5.41) is 9.97. The molecule has 2 N–H and O–H groups in total. The Kier molecular flexibility index (Phi) is 8.75. The molecule has 0 amide bonds. The molecule has 5 nitrogen and oxygen atoms in total. The zero-order valence-corrected chi connectivity index (χ0v) is 18.7. The van der Waals surface area contributed by atoms with Crippen LogP contribution < -0.4 is 9.46 Å². The smallest absolute Gasteiger partial charge is 0.250 e. The molecule has 27 heavy (non-hydrogen) atoms. The van der Waals surface area contributed by atoms with Crippen molar-refractivity contribution in [1.82, 2.24) is 4.72 Å². The Hall–Kier alpha value is -0.930. The molecule has 2 atom stereocenters. The lowest BCUT2D eigenvalue weighted by Crippen LogP contribution is -2.41. The number of methoxy groups -OCH3 is 1. The van der Waals surface area contributed by atoms with Crippen LogP contribution in [0, 0.1) is 0 Å². The number of benzene rings is 1. The van der Waals surface area contributed by atoms with E-state index in [0.29, 0.717) is 0 Å². The highest BCUT2D eigenvalue weighted by Crippen LogP contribution is 2.30. The molecule has 0 unspecified atom stereocenters. The highest BCUT2D eigenvalue weighted by molar-refractivity contribution is 9.11. The maximum absolute atomic E-state index is 12.7. The number of aliphatic hydroxyl groups excluding tert-OH is 1. The summed E-state index contributed by atoms with van der Waals surface area (Å²) in [6.45, 7) is 1.86. The summed E-state index contributed by atoms with van der Waals surface area (Å²) in [7, 11) is -2.08. The molecule has 1 aromatic heterocycles. The zero-order valence-electron chi connectivity index (χ0n) is 15.5. The second-order valence-corrected chi connectivity index (χ2v) is 10.7. The number of halogens is 1. The van der Waals surface area contributed by atoms with Gasteiger partial charge in [-0.15, -0.1) is 11.3 Å². The second-order valence-electron chi connectivity index (χ2n) is 6.34. The second kappa shape index (κ2) is 10.6. The molecule has 0 aliphatic rings. The van der Waals surface area contributed by atoms with E-state index in [-0.39, 0.29) is 16.7 Å². The summed E-state index contributed by atoms with van der Waals surface area (Å²) < 4.78 is 34.4. The lowest BCUT2D eigenvalue weighted by Gasteiger charge is -2.27. The molecule has 0 aliphatic heterocycles. The van der Waals surface area contributed by atoms with Gasteiger partial charge in [-0.05, 0) is 52.2 Å². The van der Waals surface area contributed by atoms with E-state index >= 15 is 0 Å². The number of unbranched alkanes of at least 4 members (excludes halogenated alkanes) is 2. The first-order valence-corrected chi connectivity index (χ1v) is 12.0. The van der Waals surface area contributed by atoms with E-state index in [0.717, 1.165) is 52.1 Å². The summed E-state index contributed by atoms with van der Waals surface area (Å²) >= 11 is 4.44. The predicted molar refractivity (Wildman–Crippen MR) is 113 cm³/mol. The Morgan fingerprint density at radius 3 is 2.41 bits per heavy atom. The molecular formula is C19H26BrNO4S2. The number of rotatable bonds is 11. The van der Waals surface area contributed by atoms with Crippen LogP contribution in [0.5, 0.6) is 5.75 Å². The minimum Gasteiger partial charge on any atom is -0.497 e. The first kappa shape index (κ1) is 22.4. The average Bonchev–Trinajstić information content (AvgIpc) is 3.11. The summed E-state index contributed by atoms with van der Waals surface area (Å²) in [4.78, 5) is 0. The largest absolute Gasteiger partial charge is 0.497 e. The van der Waals surface area contributed by atoms with Crippen LogP contribution in [0.25, 0.3) is 0 Å². The maximum Gasteiger partial charge on any atom is 0.250 e. The summed E-state index contributed by atoms with van der Waals surface area (Å²) in [5.74, 6) is 0.626. The van der Waals surface area contributed by atoms with Gasteiger partial charge in [0.2, 0.25) is 10.0 Å². The fraction of sp³-hybridized carbons (Fsp3) is 0.474. The average molecular weight is 476 g/mol. The minimum atomic E-state index is -3.69. The molecule has 0 saturated heterocycles. The van der Waals surface area contributed by atoms with E-state index in [2.05, 4.69) is 27.6 Å². The molecule has 0 spiro atoms. The standard InChI is InChI=1S/C19H26BrNO4S2/c1-3-4-5-6-16(14-7-9-15(25-2)10-8-14)17(13-22)21-27(23,24)19-12-11-18(20)26-19/h7-12,16-17,21-22H,3-6,13H2,1-2H3/t16-,17-/m1/s1. The van der Waals surface area contributed by atoms with E-state index in [1.807, 2.05) is 24.3 Å². The Bertz CT molecular complexity index is 805. The Morgan fingerprint density at radius 2 is 1.89 bits per heavy atom. The molecule has 0 radical (unpaired) electrons. The van der Waals surface area contributed by atoms with Crippen LogP contribution in [0.2, 0.25) is 0 Å². The third kappa shape index (κ3) is 6.29. The number of hydrogen-bond acceptors (Lipinski definition) is 5. The molecule has 0 aliphatic carbocycles. The van der Waals surface area contributed by atoms with Crippen LogP contribution in [0.1, 0.15) is 44.1 Å². The molecule has 150 valence electrons. The highest BCUT2D eigenvalue weighted by atomic mass is 79.9. The van der Waals surface area contributed by atoms with E-state index in [1.54, 1.807) is 19.2 Å². The maximum atomic E-state index is 12.7. The fourth-order valence-corrected chi connectivity index (χ4v) is 6.31. The van der Waals surface area contributed by atoms with Gasteiger partial charge in [0.1, 0.15) is 9.96 Å². The minimum absolute atomic E-state index is 0.120. The molecule has 1 aromatic carbocycles. The monoisotopic (exact) mass is 475 g/mol. The number of aliphatic hydroxyl groups is 1. The number of sulfonamides is 1. The fourth-order valence-electron chi connectivity index (χ4n) is 3.01. The van der Waals surface area contributed by atoms with Crippen LogP contribution in [0.4, 0.5) is 0 Å². The van der Waals surface area contributed by atoms with Crippen molar-refractivity contribution in [1.29, 1.82) is 0 Å². The van der Waals surface area contributed by atoms with Crippen molar-refractivity contribution < 1.29 is 18.3 Å². The van der Waals surface area contributed by atoms with E-state index < -0.39 is 16.1 Å².